The molecular formula is C14H14Cl2N2O. The van der Waals surface area contributed by atoms with Crippen molar-refractivity contribution in [2.75, 3.05) is 5.32 Å². The van der Waals surface area contributed by atoms with E-state index < -0.39 is 9.75 Å². The number of carbonyl (C=O) groups excluding carboxylic acids is 1. The molecule has 3 nitrogen and oxygen atoms in total. The van der Waals surface area contributed by atoms with E-state index in [9.17, 15) is 4.79 Å². The Labute approximate surface area is 121 Å². The van der Waals surface area contributed by atoms with Crippen LogP contribution in [0.25, 0.3) is 10.9 Å². The van der Waals surface area contributed by atoms with Crippen LogP contribution in [0.2, 0.25) is 0 Å². The number of halogens is 2. The first-order valence-corrected chi connectivity index (χ1v) is 6.86. The van der Waals surface area contributed by atoms with Crippen LogP contribution in [0.4, 0.5) is 5.69 Å². The maximum atomic E-state index is 12.2. The maximum Gasteiger partial charge on any atom is 0.233 e. The third-order valence-electron chi connectivity index (χ3n) is 3.77. The fourth-order valence-electron chi connectivity index (χ4n) is 2.27. The molecule has 1 atom stereocenters. The number of alkyl halides is 2. The number of anilines is 1. The smallest absolute Gasteiger partial charge is 0.233 e. The van der Waals surface area contributed by atoms with E-state index in [0.717, 1.165) is 22.3 Å². The van der Waals surface area contributed by atoms with Gasteiger partial charge >= 0.3 is 0 Å². The summed E-state index contributed by atoms with van der Waals surface area (Å²) in [5.74, 6) is -0.135. The molecule has 3 rings (SSSR count). The standard InChI is InChI=1S/C14H14Cl2N2O/c1-8-5-9-6-10(3-4-11(9)17-8)18-12(19)13(2)7-14(13,15)16/h3-6,17H,7H2,1-2H3,(H,18,19)/t13-/m0/s1. The summed E-state index contributed by atoms with van der Waals surface area (Å²) in [5.41, 5.74) is 2.21. The lowest BCUT2D eigenvalue weighted by atomic mass is 10.1. The third-order valence-corrected chi connectivity index (χ3v) is 4.87. The van der Waals surface area contributed by atoms with Crippen LogP contribution in [-0.2, 0) is 4.79 Å². The number of rotatable bonds is 2. The molecule has 1 fully saturated rings. The van der Waals surface area contributed by atoms with Crippen molar-refractivity contribution in [2.45, 2.75) is 24.6 Å². The molecule has 0 spiro atoms. The second-order valence-corrected chi connectivity index (χ2v) is 6.91. The van der Waals surface area contributed by atoms with Crippen LogP contribution in [0, 0.1) is 12.3 Å². The van der Waals surface area contributed by atoms with Crippen LogP contribution in [-0.4, -0.2) is 15.2 Å². The Morgan fingerprint density at radius 1 is 1.37 bits per heavy atom. The summed E-state index contributed by atoms with van der Waals surface area (Å²) in [6.45, 7) is 3.78. The minimum absolute atomic E-state index is 0.135. The van der Waals surface area contributed by atoms with Crippen LogP contribution in [0.1, 0.15) is 19.0 Å². The summed E-state index contributed by atoms with van der Waals surface area (Å²) in [5, 5.41) is 3.95. The highest BCUT2D eigenvalue weighted by molar-refractivity contribution is 6.53. The molecule has 2 aromatic rings. The Morgan fingerprint density at radius 3 is 2.68 bits per heavy atom. The first-order chi connectivity index (χ1) is 8.82. The lowest BCUT2D eigenvalue weighted by Gasteiger charge is -2.12. The largest absolute Gasteiger partial charge is 0.359 e. The number of aryl methyl sites for hydroxylation is 1. The molecule has 1 heterocycles. The van der Waals surface area contributed by atoms with Crippen molar-refractivity contribution in [1.82, 2.24) is 4.98 Å². The molecule has 5 heteroatoms. The molecule has 2 N–H and O–H groups in total. The van der Waals surface area contributed by atoms with Crippen LogP contribution in [0.3, 0.4) is 0 Å². The zero-order valence-corrected chi connectivity index (χ0v) is 12.2. The van der Waals surface area contributed by atoms with E-state index >= 15 is 0 Å². The van der Waals surface area contributed by atoms with Crippen molar-refractivity contribution in [3.63, 3.8) is 0 Å². The molecule has 0 aliphatic heterocycles. The Balaban J connectivity index is 1.84. The normalized spacial score (nSPS) is 24.4. The van der Waals surface area contributed by atoms with Crippen molar-refractivity contribution in [3.05, 3.63) is 30.0 Å². The predicted molar refractivity (Wildman–Crippen MR) is 78.8 cm³/mol. The Bertz CT molecular complexity index is 677. The molecule has 100 valence electrons. The van der Waals surface area contributed by atoms with Gasteiger partial charge in [0.15, 0.2) is 0 Å². The van der Waals surface area contributed by atoms with Gasteiger partial charge in [-0.15, -0.1) is 23.2 Å². The van der Waals surface area contributed by atoms with Gasteiger partial charge in [0.05, 0.1) is 5.41 Å². The third kappa shape index (κ3) is 2.01. The second kappa shape index (κ2) is 3.90. The minimum atomic E-state index is -0.939. The van der Waals surface area contributed by atoms with Gasteiger partial charge in [0.2, 0.25) is 5.91 Å². The molecule has 1 aliphatic rings. The molecule has 0 bridgehead atoms. The van der Waals surface area contributed by atoms with Gasteiger partial charge in [0, 0.05) is 22.3 Å². The molecule has 0 unspecified atom stereocenters. The number of benzene rings is 1. The van der Waals surface area contributed by atoms with Gasteiger partial charge in [0.25, 0.3) is 0 Å². The summed E-state index contributed by atoms with van der Waals surface area (Å²) < 4.78 is -0.939. The zero-order chi connectivity index (χ0) is 13.8. The number of amides is 1. The zero-order valence-electron chi connectivity index (χ0n) is 10.7. The van der Waals surface area contributed by atoms with Gasteiger partial charge in [0.1, 0.15) is 4.33 Å². The number of H-pyrrole nitrogens is 1. The monoisotopic (exact) mass is 296 g/mol. The molecule has 1 aromatic heterocycles. The Kier molecular flexibility index (Phi) is 2.63. The second-order valence-electron chi connectivity index (χ2n) is 5.42. The number of hydrogen-bond acceptors (Lipinski definition) is 1. The van der Waals surface area contributed by atoms with Gasteiger partial charge < -0.3 is 10.3 Å². The molecule has 1 amide bonds. The van der Waals surface area contributed by atoms with Crippen LogP contribution < -0.4 is 5.32 Å². The maximum absolute atomic E-state index is 12.2. The van der Waals surface area contributed by atoms with Crippen molar-refractivity contribution >= 4 is 45.7 Å². The first-order valence-electron chi connectivity index (χ1n) is 6.10. The van der Waals surface area contributed by atoms with E-state index in [1.807, 2.05) is 31.2 Å². The van der Waals surface area contributed by atoms with E-state index in [4.69, 9.17) is 23.2 Å². The number of carbonyl (C=O) groups is 1. The molecule has 1 saturated carbocycles. The van der Waals surface area contributed by atoms with E-state index in [1.165, 1.54) is 0 Å². The van der Waals surface area contributed by atoms with Crippen molar-refractivity contribution in [3.8, 4) is 0 Å². The average Bonchev–Trinajstić information content (AvgIpc) is 2.66. The molecule has 1 aromatic carbocycles. The number of aromatic amines is 1. The number of hydrogen-bond donors (Lipinski definition) is 2. The quantitative estimate of drug-likeness (QED) is 0.809. The lowest BCUT2D eigenvalue weighted by Crippen LogP contribution is -2.25. The number of fused-ring (bicyclic) bond motifs is 1. The predicted octanol–water partition coefficient (Wildman–Crippen LogP) is 4.00. The highest BCUT2D eigenvalue weighted by atomic mass is 35.5. The minimum Gasteiger partial charge on any atom is -0.359 e. The fraction of sp³-hybridized carbons (Fsp3) is 0.357. The van der Waals surface area contributed by atoms with Crippen LogP contribution >= 0.6 is 23.2 Å². The van der Waals surface area contributed by atoms with E-state index in [-0.39, 0.29) is 5.91 Å². The van der Waals surface area contributed by atoms with Gasteiger partial charge in [-0.05, 0) is 44.5 Å². The summed E-state index contributed by atoms with van der Waals surface area (Å²) in [4.78, 5) is 15.4. The SMILES string of the molecule is Cc1cc2cc(NC(=O)[C@]3(C)CC3(Cl)Cl)ccc2[nH]1. The highest BCUT2D eigenvalue weighted by Crippen LogP contribution is 2.64. The first kappa shape index (κ1) is 12.8. The highest BCUT2D eigenvalue weighted by Gasteiger charge is 2.67. The lowest BCUT2D eigenvalue weighted by molar-refractivity contribution is -0.120. The molecule has 0 saturated heterocycles. The van der Waals surface area contributed by atoms with Gasteiger partial charge in [-0.25, -0.2) is 0 Å². The van der Waals surface area contributed by atoms with Crippen molar-refractivity contribution in [2.24, 2.45) is 5.41 Å². The molecule has 19 heavy (non-hydrogen) atoms. The van der Waals surface area contributed by atoms with Crippen LogP contribution in [0.5, 0.6) is 0 Å². The van der Waals surface area contributed by atoms with Gasteiger partial charge in [-0.1, -0.05) is 0 Å². The number of aromatic nitrogens is 1. The Morgan fingerprint density at radius 2 is 2.05 bits per heavy atom. The summed E-state index contributed by atoms with van der Waals surface area (Å²) >= 11 is 12.0. The van der Waals surface area contributed by atoms with E-state index in [1.54, 1.807) is 6.92 Å². The van der Waals surface area contributed by atoms with E-state index in [0.29, 0.717) is 6.42 Å². The van der Waals surface area contributed by atoms with E-state index in [2.05, 4.69) is 10.3 Å². The molecular weight excluding hydrogens is 283 g/mol. The molecule has 0 radical (unpaired) electrons. The average molecular weight is 297 g/mol. The fourth-order valence-corrected chi connectivity index (χ4v) is 2.98. The summed E-state index contributed by atoms with van der Waals surface area (Å²) in [7, 11) is 0. The van der Waals surface area contributed by atoms with Crippen molar-refractivity contribution < 1.29 is 4.79 Å². The topological polar surface area (TPSA) is 44.9 Å². The van der Waals surface area contributed by atoms with Crippen molar-refractivity contribution in [1.29, 1.82) is 0 Å². The Hall–Kier alpha value is -1.19. The molecule has 1 aliphatic carbocycles. The number of nitrogens with one attached hydrogen (secondary N) is 2. The van der Waals surface area contributed by atoms with Crippen LogP contribution in [0.15, 0.2) is 24.3 Å². The van der Waals surface area contributed by atoms with Gasteiger partial charge in [-0.3, -0.25) is 4.79 Å². The summed E-state index contributed by atoms with van der Waals surface area (Å²) in [6, 6.07) is 7.79. The van der Waals surface area contributed by atoms with Gasteiger partial charge in [-0.2, -0.15) is 0 Å². The summed E-state index contributed by atoms with van der Waals surface area (Å²) in [6.07, 6.45) is 0.487.